The smallest absolute Gasteiger partial charge is 0.250 e. The van der Waals surface area contributed by atoms with Gasteiger partial charge in [-0.3, -0.25) is 0 Å². The normalized spacial score (nSPS) is 23.6. The van der Waals surface area contributed by atoms with E-state index in [0.717, 1.165) is 25.7 Å². The van der Waals surface area contributed by atoms with Gasteiger partial charge in [0.25, 0.3) is 0 Å². The van der Waals surface area contributed by atoms with Crippen molar-refractivity contribution in [2.75, 3.05) is 26.9 Å². The monoisotopic (exact) mass is 315 g/mol. The minimum atomic E-state index is -3.59. The molecule has 1 unspecified atom stereocenters. The summed E-state index contributed by atoms with van der Waals surface area (Å²) in [4.78, 5) is 0.185. The van der Waals surface area contributed by atoms with Crippen LogP contribution in [0, 0.1) is 0 Å². The predicted molar refractivity (Wildman–Crippen MR) is 75.7 cm³/mol. The van der Waals surface area contributed by atoms with E-state index in [1.807, 2.05) is 0 Å². The molecule has 7 nitrogen and oxygen atoms in total. The molecule has 0 radical (unpaired) electrons. The molecule has 3 heterocycles. The highest BCUT2D eigenvalue weighted by Crippen LogP contribution is 2.32. The van der Waals surface area contributed by atoms with E-state index in [9.17, 15) is 8.42 Å². The maximum absolute atomic E-state index is 12.9. The van der Waals surface area contributed by atoms with Crippen LogP contribution in [0.2, 0.25) is 0 Å². The Balaban J connectivity index is 1.93. The minimum Gasteiger partial charge on any atom is -0.477 e. The maximum atomic E-state index is 12.9. The molecule has 1 fully saturated rings. The molecule has 2 aliphatic heterocycles. The molecular formula is C13H21N3O4S. The largest absolute Gasteiger partial charge is 0.477 e. The van der Waals surface area contributed by atoms with Crippen molar-refractivity contribution < 1.29 is 17.9 Å². The molecule has 8 heteroatoms. The van der Waals surface area contributed by atoms with Crippen LogP contribution in [-0.4, -0.2) is 55.4 Å². The van der Waals surface area contributed by atoms with Gasteiger partial charge in [0.2, 0.25) is 15.9 Å². The Bertz CT molecular complexity index is 597. The topological polar surface area (TPSA) is 73.7 Å². The quantitative estimate of drug-likeness (QED) is 0.824. The second-order valence-corrected chi connectivity index (χ2v) is 7.32. The van der Waals surface area contributed by atoms with Crippen LogP contribution in [0.3, 0.4) is 0 Å². The number of methoxy groups -OCH3 is 1. The highest BCUT2D eigenvalue weighted by molar-refractivity contribution is 7.89. The minimum absolute atomic E-state index is 0.104. The number of ether oxygens (including phenoxy) is 2. The molecule has 3 rings (SSSR count). The Morgan fingerprint density at radius 3 is 3.05 bits per heavy atom. The summed E-state index contributed by atoms with van der Waals surface area (Å²) >= 11 is 0. The standard InChI is InChI=1S/C13H21N3O4S/c1-19-10-11-5-2-3-7-16(11)21(17,18)12-9-14-15-6-4-8-20-13(12)15/h9,11H,2-8,10H2,1H3. The van der Waals surface area contributed by atoms with Gasteiger partial charge in [-0.15, -0.1) is 0 Å². The molecule has 0 bridgehead atoms. The van der Waals surface area contributed by atoms with E-state index in [-0.39, 0.29) is 10.9 Å². The predicted octanol–water partition coefficient (Wildman–Crippen LogP) is 0.855. The maximum Gasteiger partial charge on any atom is 0.250 e. The molecule has 1 aromatic heterocycles. The fraction of sp³-hybridized carbons (Fsp3) is 0.769. The molecule has 1 atom stereocenters. The van der Waals surface area contributed by atoms with Gasteiger partial charge in [-0.2, -0.15) is 9.40 Å². The van der Waals surface area contributed by atoms with E-state index >= 15 is 0 Å². The summed E-state index contributed by atoms with van der Waals surface area (Å²) in [6, 6.07) is -0.104. The van der Waals surface area contributed by atoms with Gasteiger partial charge in [0.15, 0.2) is 4.90 Å². The van der Waals surface area contributed by atoms with Crippen molar-refractivity contribution in [3.63, 3.8) is 0 Å². The zero-order valence-corrected chi connectivity index (χ0v) is 13.0. The summed E-state index contributed by atoms with van der Waals surface area (Å²) < 4.78 is 39.8. The second-order valence-electron chi connectivity index (χ2n) is 5.46. The first-order valence-corrected chi connectivity index (χ1v) is 8.78. The molecule has 1 aromatic rings. The number of nitrogens with zero attached hydrogens (tertiary/aromatic N) is 3. The Hall–Kier alpha value is -1.12. The van der Waals surface area contributed by atoms with Crippen molar-refractivity contribution in [1.29, 1.82) is 0 Å². The summed E-state index contributed by atoms with van der Waals surface area (Å²) in [5, 5.41) is 4.14. The van der Waals surface area contributed by atoms with Crippen LogP contribution < -0.4 is 4.74 Å². The van der Waals surface area contributed by atoms with E-state index in [1.54, 1.807) is 16.1 Å². The molecular weight excluding hydrogens is 294 g/mol. The van der Waals surface area contributed by atoms with Crippen molar-refractivity contribution in [2.24, 2.45) is 0 Å². The Morgan fingerprint density at radius 1 is 1.38 bits per heavy atom. The summed E-state index contributed by atoms with van der Waals surface area (Å²) in [6.45, 7) is 2.19. The fourth-order valence-electron chi connectivity index (χ4n) is 3.00. The number of rotatable bonds is 4. The van der Waals surface area contributed by atoms with Crippen molar-refractivity contribution in [3.05, 3.63) is 6.20 Å². The van der Waals surface area contributed by atoms with E-state index < -0.39 is 10.0 Å². The highest BCUT2D eigenvalue weighted by Gasteiger charge is 2.37. The molecule has 0 aromatic carbocycles. The number of hydrogen-bond donors (Lipinski definition) is 0. The van der Waals surface area contributed by atoms with Crippen molar-refractivity contribution in [1.82, 2.24) is 14.1 Å². The van der Waals surface area contributed by atoms with Crippen LogP contribution in [0.4, 0.5) is 0 Å². The van der Waals surface area contributed by atoms with Crippen LogP contribution in [-0.2, 0) is 21.3 Å². The van der Waals surface area contributed by atoms with Crippen molar-refractivity contribution >= 4 is 10.0 Å². The molecule has 21 heavy (non-hydrogen) atoms. The van der Waals surface area contributed by atoms with Crippen LogP contribution in [0.25, 0.3) is 0 Å². The molecule has 1 saturated heterocycles. The Morgan fingerprint density at radius 2 is 2.24 bits per heavy atom. The number of hydrogen-bond acceptors (Lipinski definition) is 5. The lowest BCUT2D eigenvalue weighted by molar-refractivity contribution is 0.112. The van der Waals surface area contributed by atoms with Gasteiger partial charge in [0.05, 0.1) is 19.4 Å². The Labute approximate surface area is 124 Å². The number of fused-ring (bicyclic) bond motifs is 1. The number of aromatic nitrogens is 2. The SMILES string of the molecule is COCC1CCCCN1S(=O)(=O)c1cnn2c1OCCC2. The van der Waals surface area contributed by atoms with E-state index in [4.69, 9.17) is 9.47 Å². The number of sulfonamides is 1. The third kappa shape index (κ3) is 2.67. The average molecular weight is 315 g/mol. The first kappa shape index (κ1) is 14.8. The van der Waals surface area contributed by atoms with Crippen molar-refractivity contribution in [3.8, 4) is 5.88 Å². The van der Waals surface area contributed by atoms with Gasteiger partial charge in [0, 0.05) is 32.7 Å². The van der Waals surface area contributed by atoms with Crippen LogP contribution >= 0.6 is 0 Å². The first-order chi connectivity index (χ1) is 10.1. The average Bonchev–Trinajstić information content (AvgIpc) is 2.93. The first-order valence-electron chi connectivity index (χ1n) is 7.34. The molecule has 0 amide bonds. The van der Waals surface area contributed by atoms with Gasteiger partial charge in [-0.05, 0) is 12.8 Å². The molecule has 0 aliphatic carbocycles. The van der Waals surface area contributed by atoms with E-state index in [1.165, 1.54) is 6.20 Å². The molecule has 2 aliphatic rings. The zero-order chi connectivity index (χ0) is 14.9. The number of piperidine rings is 1. The summed E-state index contributed by atoms with van der Waals surface area (Å²) in [7, 11) is -1.99. The van der Waals surface area contributed by atoms with Gasteiger partial charge in [0.1, 0.15) is 0 Å². The van der Waals surface area contributed by atoms with Gasteiger partial charge < -0.3 is 9.47 Å². The van der Waals surface area contributed by atoms with E-state index in [0.29, 0.717) is 32.2 Å². The fourth-order valence-corrected chi connectivity index (χ4v) is 4.74. The van der Waals surface area contributed by atoms with Gasteiger partial charge in [-0.1, -0.05) is 6.42 Å². The summed E-state index contributed by atoms with van der Waals surface area (Å²) in [5.74, 6) is 0.378. The van der Waals surface area contributed by atoms with Crippen LogP contribution in [0.1, 0.15) is 25.7 Å². The molecule has 0 saturated carbocycles. The molecule has 0 spiro atoms. The van der Waals surface area contributed by atoms with Crippen LogP contribution in [0.5, 0.6) is 5.88 Å². The summed E-state index contributed by atoms with van der Waals surface area (Å²) in [5.41, 5.74) is 0. The Kier molecular flexibility index (Phi) is 4.19. The lowest BCUT2D eigenvalue weighted by Crippen LogP contribution is -2.45. The number of aryl methyl sites for hydroxylation is 1. The second kappa shape index (κ2) is 5.94. The van der Waals surface area contributed by atoms with Crippen LogP contribution in [0.15, 0.2) is 11.1 Å². The highest BCUT2D eigenvalue weighted by atomic mass is 32.2. The third-order valence-corrected chi connectivity index (χ3v) is 5.97. The van der Waals surface area contributed by atoms with Gasteiger partial charge >= 0.3 is 0 Å². The molecule has 118 valence electrons. The zero-order valence-electron chi connectivity index (χ0n) is 12.2. The lowest BCUT2D eigenvalue weighted by Gasteiger charge is -2.34. The lowest BCUT2D eigenvalue weighted by atomic mass is 10.1. The van der Waals surface area contributed by atoms with Crippen molar-refractivity contribution in [2.45, 2.75) is 43.2 Å². The molecule has 0 N–H and O–H groups in total. The third-order valence-electron chi connectivity index (χ3n) is 4.03. The van der Waals surface area contributed by atoms with E-state index in [2.05, 4.69) is 5.10 Å². The van der Waals surface area contributed by atoms with Gasteiger partial charge in [-0.25, -0.2) is 13.1 Å². The summed E-state index contributed by atoms with van der Waals surface area (Å²) in [6.07, 6.45) is 5.00.